The van der Waals surface area contributed by atoms with Crippen LogP contribution in [0.5, 0.6) is 0 Å². The summed E-state index contributed by atoms with van der Waals surface area (Å²) in [6.45, 7) is 0.992. The van der Waals surface area contributed by atoms with Gasteiger partial charge in [0.25, 0.3) is 5.91 Å². The van der Waals surface area contributed by atoms with Crippen LogP contribution >= 0.6 is 0 Å². The van der Waals surface area contributed by atoms with Crippen LogP contribution in [-0.4, -0.2) is 34.4 Å². The average molecular weight is 250 g/mol. The Labute approximate surface area is 106 Å². The predicted octanol–water partition coefficient (Wildman–Crippen LogP) is 0.540. The Bertz CT molecular complexity index is 415. The number of rotatable bonds is 6. The van der Waals surface area contributed by atoms with Crippen molar-refractivity contribution in [1.29, 1.82) is 0 Å². The highest BCUT2D eigenvalue weighted by Crippen LogP contribution is 2.43. The van der Waals surface area contributed by atoms with Crippen molar-refractivity contribution in [2.24, 2.45) is 11.1 Å². The van der Waals surface area contributed by atoms with Crippen molar-refractivity contribution >= 4 is 11.7 Å². The zero-order valence-corrected chi connectivity index (χ0v) is 10.2. The first-order valence-corrected chi connectivity index (χ1v) is 6.13. The molecule has 98 valence electrons. The maximum atomic E-state index is 10.8. The van der Waals surface area contributed by atoms with Gasteiger partial charge in [-0.3, -0.25) is 4.79 Å². The Morgan fingerprint density at radius 3 is 2.67 bits per heavy atom. The summed E-state index contributed by atoms with van der Waals surface area (Å²) < 4.78 is 0. The predicted molar refractivity (Wildman–Crippen MR) is 67.0 cm³/mol. The lowest BCUT2D eigenvalue weighted by atomic mass is 9.67. The van der Waals surface area contributed by atoms with Gasteiger partial charge in [0.2, 0.25) is 0 Å². The van der Waals surface area contributed by atoms with Crippen molar-refractivity contribution in [2.75, 3.05) is 18.5 Å². The fourth-order valence-electron chi connectivity index (χ4n) is 2.27. The summed E-state index contributed by atoms with van der Waals surface area (Å²) in [6, 6.07) is 3.25. The Kier molecular flexibility index (Phi) is 3.76. The Hall–Kier alpha value is -1.69. The molecule has 0 unspecified atom stereocenters. The number of carbonyl (C=O) groups excluding carboxylic acids is 1. The summed E-state index contributed by atoms with van der Waals surface area (Å²) >= 11 is 0. The number of aliphatic hydroxyl groups is 1. The van der Waals surface area contributed by atoms with Crippen molar-refractivity contribution in [2.45, 2.75) is 25.7 Å². The second-order valence-corrected chi connectivity index (χ2v) is 4.85. The molecule has 1 aliphatic carbocycles. The van der Waals surface area contributed by atoms with E-state index in [1.54, 1.807) is 12.1 Å². The van der Waals surface area contributed by atoms with Crippen LogP contribution in [0.2, 0.25) is 0 Å². The van der Waals surface area contributed by atoms with Gasteiger partial charge >= 0.3 is 0 Å². The maximum absolute atomic E-state index is 10.8. The molecule has 0 aromatic carbocycles. The SMILES string of the molecule is NC(=O)c1ccc(NCC2(CCO)CCC2)nn1. The molecule has 0 spiro atoms. The Morgan fingerprint density at radius 1 is 1.44 bits per heavy atom. The molecule has 0 bridgehead atoms. The highest BCUT2D eigenvalue weighted by molar-refractivity contribution is 5.90. The number of nitrogens with one attached hydrogen (secondary N) is 1. The molecule has 1 saturated carbocycles. The van der Waals surface area contributed by atoms with Gasteiger partial charge < -0.3 is 16.2 Å². The summed E-state index contributed by atoms with van der Waals surface area (Å²) in [5.41, 5.74) is 5.44. The minimum atomic E-state index is -0.579. The number of aliphatic hydroxyl groups excluding tert-OH is 1. The standard InChI is InChI=1S/C12H18N4O2/c13-11(18)9-2-3-10(16-15-9)14-8-12(6-7-17)4-1-5-12/h2-3,17H,1,4-8H2,(H2,13,18)(H,14,16). The molecule has 18 heavy (non-hydrogen) atoms. The lowest BCUT2D eigenvalue weighted by Crippen LogP contribution is -2.37. The topological polar surface area (TPSA) is 101 Å². The summed E-state index contributed by atoms with van der Waals surface area (Å²) in [5.74, 6) is 0.0500. The smallest absolute Gasteiger partial charge is 0.269 e. The van der Waals surface area contributed by atoms with E-state index in [2.05, 4.69) is 15.5 Å². The van der Waals surface area contributed by atoms with Gasteiger partial charge in [0.05, 0.1) is 0 Å². The molecule has 4 N–H and O–H groups in total. The number of anilines is 1. The lowest BCUT2D eigenvalue weighted by molar-refractivity contribution is 0.0992. The van der Waals surface area contributed by atoms with E-state index in [0.717, 1.165) is 25.8 Å². The van der Waals surface area contributed by atoms with Crippen LogP contribution in [0.25, 0.3) is 0 Å². The number of hydrogen-bond acceptors (Lipinski definition) is 5. The Morgan fingerprint density at radius 2 is 2.22 bits per heavy atom. The van der Waals surface area contributed by atoms with E-state index >= 15 is 0 Å². The lowest BCUT2D eigenvalue weighted by Gasteiger charge is -2.41. The quantitative estimate of drug-likeness (QED) is 0.684. The summed E-state index contributed by atoms with van der Waals surface area (Å²) in [6.07, 6.45) is 4.29. The normalized spacial score (nSPS) is 16.9. The van der Waals surface area contributed by atoms with Gasteiger partial charge in [0, 0.05) is 13.2 Å². The largest absolute Gasteiger partial charge is 0.396 e. The molecule has 1 heterocycles. The van der Waals surface area contributed by atoms with E-state index < -0.39 is 5.91 Å². The summed E-state index contributed by atoms with van der Waals surface area (Å²) in [5, 5.41) is 19.9. The monoisotopic (exact) mass is 250 g/mol. The van der Waals surface area contributed by atoms with E-state index in [-0.39, 0.29) is 17.7 Å². The molecular formula is C12H18N4O2. The first kappa shape index (κ1) is 12.8. The molecule has 0 saturated heterocycles. The number of nitrogens with two attached hydrogens (primary N) is 1. The minimum Gasteiger partial charge on any atom is -0.396 e. The van der Waals surface area contributed by atoms with Crippen LogP contribution in [0.1, 0.15) is 36.2 Å². The van der Waals surface area contributed by atoms with Gasteiger partial charge in [-0.25, -0.2) is 0 Å². The van der Waals surface area contributed by atoms with Crippen molar-refractivity contribution in [3.05, 3.63) is 17.8 Å². The third kappa shape index (κ3) is 2.76. The zero-order chi connectivity index (χ0) is 13.0. The fourth-order valence-corrected chi connectivity index (χ4v) is 2.27. The van der Waals surface area contributed by atoms with Crippen molar-refractivity contribution < 1.29 is 9.90 Å². The van der Waals surface area contributed by atoms with E-state index in [9.17, 15) is 4.79 Å². The first-order chi connectivity index (χ1) is 8.65. The fraction of sp³-hybridized carbons (Fsp3) is 0.583. The summed E-state index contributed by atoms with van der Waals surface area (Å²) in [7, 11) is 0. The van der Waals surface area contributed by atoms with Gasteiger partial charge in [-0.15, -0.1) is 10.2 Å². The van der Waals surface area contributed by atoms with E-state index in [1.165, 1.54) is 6.42 Å². The van der Waals surface area contributed by atoms with Crippen molar-refractivity contribution in [3.8, 4) is 0 Å². The van der Waals surface area contributed by atoms with Crippen molar-refractivity contribution in [1.82, 2.24) is 10.2 Å². The number of amides is 1. The third-order valence-electron chi connectivity index (χ3n) is 3.62. The highest BCUT2D eigenvalue weighted by atomic mass is 16.3. The summed E-state index contributed by atoms with van der Waals surface area (Å²) in [4.78, 5) is 10.8. The molecule has 0 aliphatic heterocycles. The van der Waals surface area contributed by atoms with Gasteiger partial charge in [-0.2, -0.15) is 0 Å². The van der Waals surface area contributed by atoms with Gasteiger partial charge in [0.15, 0.2) is 5.69 Å². The van der Waals surface area contributed by atoms with Crippen LogP contribution < -0.4 is 11.1 Å². The molecule has 0 atom stereocenters. The number of aromatic nitrogens is 2. The van der Waals surface area contributed by atoms with Gasteiger partial charge in [-0.05, 0) is 36.8 Å². The second kappa shape index (κ2) is 5.30. The molecule has 1 fully saturated rings. The van der Waals surface area contributed by atoms with Crippen LogP contribution in [0.4, 0.5) is 5.82 Å². The molecule has 0 radical (unpaired) electrons. The molecule has 6 nitrogen and oxygen atoms in total. The first-order valence-electron chi connectivity index (χ1n) is 6.13. The minimum absolute atomic E-state index is 0.161. The average Bonchev–Trinajstić information content (AvgIpc) is 2.33. The molecule has 1 aromatic rings. The van der Waals surface area contributed by atoms with Gasteiger partial charge in [-0.1, -0.05) is 6.42 Å². The van der Waals surface area contributed by atoms with Crippen LogP contribution in [-0.2, 0) is 0 Å². The Balaban J connectivity index is 1.91. The molecule has 1 aromatic heterocycles. The molecular weight excluding hydrogens is 232 g/mol. The molecule has 1 amide bonds. The number of primary amides is 1. The third-order valence-corrected chi connectivity index (χ3v) is 3.62. The number of carbonyl (C=O) groups is 1. The van der Waals surface area contributed by atoms with Crippen LogP contribution in [0.3, 0.4) is 0 Å². The number of hydrogen-bond donors (Lipinski definition) is 3. The van der Waals surface area contributed by atoms with Crippen LogP contribution in [0, 0.1) is 5.41 Å². The molecule has 2 rings (SSSR count). The zero-order valence-electron chi connectivity index (χ0n) is 10.2. The molecule has 6 heteroatoms. The molecule has 1 aliphatic rings. The second-order valence-electron chi connectivity index (χ2n) is 4.85. The van der Waals surface area contributed by atoms with Crippen molar-refractivity contribution in [3.63, 3.8) is 0 Å². The van der Waals surface area contributed by atoms with Gasteiger partial charge in [0.1, 0.15) is 5.82 Å². The van der Waals surface area contributed by atoms with E-state index in [1.807, 2.05) is 0 Å². The highest BCUT2D eigenvalue weighted by Gasteiger charge is 2.36. The maximum Gasteiger partial charge on any atom is 0.269 e. The number of nitrogens with zero attached hydrogens (tertiary/aromatic N) is 2. The van der Waals surface area contributed by atoms with E-state index in [4.69, 9.17) is 10.8 Å². The van der Waals surface area contributed by atoms with E-state index in [0.29, 0.717) is 5.82 Å². The van der Waals surface area contributed by atoms with Crippen LogP contribution in [0.15, 0.2) is 12.1 Å².